The molecule has 31 heteroatoms. The van der Waals surface area contributed by atoms with Gasteiger partial charge in [0.25, 0.3) is 0 Å². The van der Waals surface area contributed by atoms with E-state index < -0.39 is 20.3 Å². The monoisotopic (exact) mass is 1110 g/mol. The van der Waals surface area contributed by atoms with Gasteiger partial charge in [0.2, 0.25) is 0 Å². The average Bonchev–Trinajstić information content (AvgIpc) is 3.28. The van der Waals surface area contributed by atoms with E-state index in [9.17, 15) is 0 Å². The Balaban J connectivity index is -0.00000206. The Bertz CT molecular complexity index is 2070. The third-order valence-electron chi connectivity index (χ3n) is 9.18. The maximum Gasteiger partial charge on any atom is 2.00 e. The maximum absolute atomic E-state index is 8.25. The first-order valence-electron chi connectivity index (χ1n) is 20.3. The van der Waals surface area contributed by atoms with Gasteiger partial charge in [0.05, 0.1) is 65.9 Å². The van der Waals surface area contributed by atoms with Crippen molar-refractivity contribution in [3.63, 3.8) is 0 Å². The smallest absolute Gasteiger partial charge is 0.412 e. The third-order valence-corrected chi connectivity index (χ3v) is 9.18. The average molecular weight is 1110 g/mol. The molecule has 0 saturated heterocycles. The van der Waals surface area contributed by atoms with Crippen LogP contribution in [-0.2, 0) is 85.9 Å². The van der Waals surface area contributed by atoms with Crippen LogP contribution < -0.4 is 0 Å². The summed E-state index contributed by atoms with van der Waals surface area (Å²) in [7, 11) is 0. The summed E-state index contributed by atoms with van der Waals surface area (Å²) >= 11 is 0. The van der Waals surface area contributed by atoms with Gasteiger partial charge in [0, 0.05) is 103 Å². The molecule has 0 aliphatic carbocycles. The first-order valence-corrected chi connectivity index (χ1v) is 20.3. The Labute approximate surface area is 437 Å². The fraction of sp³-hybridized carbons (Fsp3) is 0.286. The molecule has 7 heterocycles. The van der Waals surface area contributed by atoms with E-state index in [1.54, 1.807) is 0 Å². The second kappa shape index (κ2) is 40.1. The molecule has 6 N–H and O–H groups in total. The van der Waals surface area contributed by atoms with E-state index in [2.05, 4.69) is 124 Å². The molecule has 4 bridgehead atoms. The summed E-state index contributed by atoms with van der Waals surface area (Å²) < 4.78 is 0. The Morgan fingerprint density at radius 3 is 0.699 bits per heavy atom. The van der Waals surface area contributed by atoms with Gasteiger partial charge in [-0.3, -0.25) is 49.5 Å². The minimum absolute atomic E-state index is 0. The van der Waals surface area contributed by atoms with Crippen LogP contribution in [0.2, 0.25) is 0 Å². The van der Waals surface area contributed by atoms with Crippen molar-refractivity contribution in [2.75, 3.05) is 26.2 Å². The third kappa shape index (κ3) is 33.6. The van der Waals surface area contributed by atoms with Gasteiger partial charge >= 0.3 is 33.6 Å². The molecular formula is C42H52Co2N14O15. The molecular weight excluding hydrogens is 1060 g/mol. The Hall–Kier alpha value is -7.57. The summed E-state index contributed by atoms with van der Waals surface area (Å²) in [4.78, 5) is 72.0. The molecule has 29 nitrogen and oxygen atoms in total. The van der Waals surface area contributed by atoms with Gasteiger partial charge in [-0.15, -0.1) is 0 Å². The molecule has 1 aliphatic rings. The largest absolute Gasteiger partial charge is 2.00 e. The predicted molar refractivity (Wildman–Crippen MR) is 254 cm³/mol. The standard InChI is InChI=1S/C42H46N10.2Co.4NO3.3H2O/c1-5-19-43-35(11-1)27-49-23-24-50(28-36-12-2-6-20-44-36)32-41-17-10-18-42(48-41)34-52(30-38-14-4-8-22-46-38)26-25-51(29-37-13-3-7-21-45-37)33-40-16-9-15-39(31-49)47-40;;;4*2-1(3)4;;;/h1-22H,23-34H2;;;;;;;3*1H2/q;2*+2;4*-1;;;. The van der Waals surface area contributed by atoms with Crippen LogP contribution in [0.4, 0.5) is 0 Å². The predicted octanol–water partition coefficient (Wildman–Crippen LogP) is 2.34. The van der Waals surface area contributed by atoms with Crippen molar-refractivity contribution in [1.29, 1.82) is 0 Å². The normalized spacial score (nSPS) is 12.6. The molecule has 0 saturated carbocycles. The molecule has 0 unspecified atom stereocenters. The number of hydrogen-bond acceptors (Lipinski definition) is 22. The Morgan fingerprint density at radius 2 is 0.534 bits per heavy atom. The van der Waals surface area contributed by atoms with Crippen molar-refractivity contribution >= 4 is 0 Å². The minimum atomic E-state index is -1.75. The number of hydrogen-bond donors (Lipinski definition) is 0. The quantitative estimate of drug-likeness (QED) is 0.156. The summed E-state index contributed by atoms with van der Waals surface area (Å²) in [6, 6.07) is 37.4. The molecule has 7 rings (SSSR count). The van der Waals surface area contributed by atoms with E-state index in [1.807, 2.05) is 49.1 Å². The molecule has 0 amide bonds. The zero-order chi connectivity index (χ0) is 49.5. The van der Waals surface area contributed by atoms with E-state index in [0.717, 1.165) is 97.9 Å². The van der Waals surface area contributed by atoms with Crippen LogP contribution in [0, 0.1) is 61.3 Å². The van der Waals surface area contributed by atoms with Gasteiger partial charge in [-0.1, -0.05) is 36.4 Å². The van der Waals surface area contributed by atoms with Crippen LogP contribution in [0.5, 0.6) is 0 Å². The number of pyridine rings is 6. The number of nitrogens with zero attached hydrogens (tertiary/aromatic N) is 14. The van der Waals surface area contributed by atoms with Crippen LogP contribution in [0.15, 0.2) is 134 Å². The van der Waals surface area contributed by atoms with Gasteiger partial charge in [0.1, 0.15) is 0 Å². The number of fused-ring (bicyclic) bond motifs is 4. The van der Waals surface area contributed by atoms with Gasteiger partial charge in [-0.25, -0.2) is 0 Å². The molecule has 398 valence electrons. The Kier molecular flexibility index (Phi) is 38.3. The van der Waals surface area contributed by atoms with E-state index in [4.69, 9.17) is 71.3 Å². The topological polar surface area (TPSA) is 450 Å². The van der Waals surface area contributed by atoms with E-state index in [-0.39, 0.29) is 50.0 Å². The molecule has 0 atom stereocenters. The van der Waals surface area contributed by atoms with Crippen molar-refractivity contribution < 1.29 is 70.3 Å². The first kappa shape index (κ1) is 69.7. The summed E-state index contributed by atoms with van der Waals surface area (Å²) in [5, 5.41) is 59.0. The zero-order valence-electron chi connectivity index (χ0n) is 38.5. The van der Waals surface area contributed by atoms with Gasteiger partial charge in [-0.2, -0.15) is 0 Å². The zero-order valence-corrected chi connectivity index (χ0v) is 40.6. The fourth-order valence-electron chi connectivity index (χ4n) is 6.63. The molecule has 2 radical (unpaired) electrons. The number of aromatic nitrogens is 6. The summed E-state index contributed by atoms with van der Waals surface area (Å²) in [5.74, 6) is 0. The van der Waals surface area contributed by atoms with Crippen molar-refractivity contribution in [2.24, 2.45) is 0 Å². The van der Waals surface area contributed by atoms with Gasteiger partial charge < -0.3 is 77.7 Å². The van der Waals surface area contributed by atoms with E-state index >= 15 is 0 Å². The molecule has 6 aromatic rings. The summed E-state index contributed by atoms with van der Waals surface area (Å²) in [6.45, 7) is 9.12. The molecule has 0 fully saturated rings. The van der Waals surface area contributed by atoms with E-state index in [1.165, 1.54) is 0 Å². The Morgan fingerprint density at radius 1 is 0.342 bits per heavy atom. The number of rotatable bonds is 8. The second-order valence-electron chi connectivity index (χ2n) is 14.3. The van der Waals surface area contributed by atoms with Crippen LogP contribution in [-0.4, -0.2) is 112 Å². The SMILES string of the molecule is O.O.O.O=[N+]([O-])[O-].O=[N+]([O-])[O-].O=[N+]([O-])[O-].O=[N+]([O-])[O-].[Co+2].[Co+2].c1ccc(CN2CCN(Cc3ccccn3)Cc3cccc(n3)CN(Cc3ccccn3)CCN(Cc3ccccn3)Cc3cccc(n3)C2)nc1. The van der Waals surface area contributed by atoms with Crippen LogP contribution in [0.3, 0.4) is 0 Å². The van der Waals surface area contributed by atoms with Gasteiger partial charge in [-0.05, 0) is 72.8 Å². The van der Waals surface area contributed by atoms with Crippen LogP contribution in [0.25, 0.3) is 0 Å². The van der Waals surface area contributed by atoms with Crippen LogP contribution >= 0.6 is 0 Å². The van der Waals surface area contributed by atoms with E-state index in [0.29, 0.717) is 26.2 Å². The molecule has 0 spiro atoms. The molecule has 0 aromatic carbocycles. The maximum atomic E-state index is 8.25. The first-order chi connectivity index (χ1) is 32.6. The van der Waals surface area contributed by atoms with Crippen LogP contribution in [0.1, 0.15) is 45.6 Å². The molecule has 6 aromatic heterocycles. The second-order valence-corrected chi connectivity index (χ2v) is 14.3. The van der Waals surface area contributed by atoms with Crippen molar-refractivity contribution in [3.8, 4) is 0 Å². The molecule has 1 aliphatic heterocycles. The summed E-state index contributed by atoms with van der Waals surface area (Å²) in [6.07, 6.45) is 7.48. The minimum Gasteiger partial charge on any atom is -0.412 e. The molecule has 73 heavy (non-hydrogen) atoms. The van der Waals surface area contributed by atoms with Gasteiger partial charge in [0.15, 0.2) is 0 Å². The fourth-order valence-corrected chi connectivity index (χ4v) is 6.63. The van der Waals surface area contributed by atoms with Crippen molar-refractivity contribution in [1.82, 2.24) is 49.5 Å². The van der Waals surface area contributed by atoms with Crippen molar-refractivity contribution in [2.45, 2.75) is 52.4 Å². The van der Waals surface area contributed by atoms with Crippen molar-refractivity contribution in [3.05, 3.63) is 241 Å². The summed E-state index contributed by atoms with van der Waals surface area (Å²) in [5.41, 5.74) is 8.38.